The van der Waals surface area contributed by atoms with E-state index in [0.717, 1.165) is 13.2 Å². The van der Waals surface area contributed by atoms with E-state index < -0.39 is 23.8 Å². The number of rotatable bonds is 2. The van der Waals surface area contributed by atoms with E-state index in [1.807, 2.05) is 0 Å². The zero-order valence-electron chi connectivity index (χ0n) is 6.38. The second-order valence-electron chi connectivity index (χ2n) is 1.95. The summed E-state index contributed by atoms with van der Waals surface area (Å²) in [6, 6.07) is 0.915. The van der Waals surface area contributed by atoms with Crippen molar-refractivity contribution in [2.24, 2.45) is 5.92 Å². The van der Waals surface area contributed by atoms with E-state index >= 15 is 0 Å². The Hall–Kier alpha value is -1.58. The van der Waals surface area contributed by atoms with Gasteiger partial charge in [-0.05, 0) is 0 Å². The lowest BCUT2D eigenvalue weighted by Crippen LogP contribution is -2.35. The maximum atomic E-state index is 11.7. The Morgan fingerprint density at radius 3 is 2.15 bits per heavy atom. The molecule has 1 unspecified atom stereocenters. The Morgan fingerprint density at radius 2 is 1.92 bits per heavy atom. The first kappa shape index (κ1) is 11.4. The van der Waals surface area contributed by atoms with Crippen molar-refractivity contribution >= 4 is 11.8 Å². The van der Waals surface area contributed by atoms with Crippen LogP contribution in [0.1, 0.15) is 0 Å². The minimum atomic E-state index is -5.20. The van der Waals surface area contributed by atoms with Gasteiger partial charge in [0.05, 0.1) is 13.2 Å². The predicted molar refractivity (Wildman–Crippen MR) is 32.2 cm³/mol. The molecule has 0 rings (SSSR count). The van der Waals surface area contributed by atoms with Gasteiger partial charge in [-0.15, -0.1) is 0 Å². The van der Waals surface area contributed by atoms with Gasteiger partial charge < -0.3 is 4.74 Å². The van der Waals surface area contributed by atoms with Crippen molar-refractivity contribution in [2.75, 3.05) is 7.11 Å². The van der Waals surface area contributed by atoms with Crippen molar-refractivity contribution in [3.8, 4) is 6.07 Å². The smallest absolute Gasteiger partial charge is 0.452 e. The molecule has 4 nitrogen and oxygen atoms in total. The van der Waals surface area contributed by atoms with Crippen LogP contribution in [-0.4, -0.2) is 25.0 Å². The largest absolute Gasteiger partial charge is 0.468 e. The summed E-state index contributed by atoms with van der Waals surface area (Å²) < 4.78 is 38.9. The monoisotopic (exact) mass is 195 g/mol. The maximum absolute atomic E-state index is 11.7. The number of ketones is 1. The van der Waals surface area contributed by atoms with Gasteiger partial charge in [0.25, 0.3) is 5.78 Å². The van der Waals surface area contributed by atoms with E-state index in [1.165, 1.54) is 0 Å². The molecule has 0 aromatic carbocycles. The highest BCUT2D eigenvalue weighted by Crippen LogP contribution is 2.21. The van der Waals surface area contributed by atoms with Gasteiger partial charge >= 0.3 is 12.1 Å². The molecule has 0 amide bonds. The fraction of sp³-hybridized carbons (Fsp3) is 0.500. The Bertz CT molecular complexity index is 265. The summed E-state index contributed by atoms with van der Waals surface area (Å²) in [5.74, 6) is -6.35. The summed E-state index contributed by atoms with van der Waals surface area (Å²) in [7, 11) is 0.788. The normalized spacial score (nSPS) is 12.8. The van der Waals surface area contributed by atoms with E-state index in [9.17, 15) is 22.8 Å². The van der Waals surface area contributed by atoms with E-state index in [1.54, 1.807) is 0 Å². The average molecular weight is 195 g/mol. The number of nitrogens with zero attached hydrogens (tertiary/aromatic N) is 1. The number of hydrogen-bond acceptors (Lipinski definition) is 4. The fourth-order valence-electron chi connectivity index (χ4n) is 0.500. The fourth-order valence-corrected chi connectivity index (χ4v) is 0.500. The molecule has 0 saturated carbocycles. The van der Waals surface area contributed by atoms with Gasteiger partial charge in [-0.25, -0.2) is 0 Å². The Morgan fingerprint density at radius 1 is 1.46 bits per heavy atom. The third-order valence-corrected chi connectivity index (χ3v) is 1.11. The van der Waals surface area contributed by atoms with Crippen LogP contribution in [0.15, 0.2) is 0 Å². The van der Waals surface area contributed by atoms with Crippen LogP contribution in [0.5, 0.6) is 0 Å². The molecule has 0 aromatic rings. The molecule has 0 heterocycles. The van der Waals surface area contributed by atoms with Gasteiger partial charge in [-0.1, -0.05) is 0 Å². The lowest BCUT2D eigenvalue weighted by Gasteiger charge is -2.07. The standard InChI is InChI=1S/C6H4F3NO3/c1-13-5(12)3(2-10)4(11)6(7,8)9/h3H,1H3. The zero-order valence-corrected chi connectivity index (χ0v) is 6.38. The Balaban J connectivity index is 4.74. The first-order valence-corrected chi connectivity index (χ1v) is 2.93. The number of nitriles is 1. The van der Waals surface area contributed by atoms with Gasteiger partial charge in [0.1, 0.15) is 0 Å². The lowest BCUT2D eigenvalue weighted by atomic mass is 10.1. The van der Waals surface area contributed by atoms with Crippen LogP contribution in [0.25, 0.3) is 0 Å². The maximum Gasteiger partial charge on any atom is 0.452 e. The molecule has 7 heteroatoms. The highest BCUT2D eigenvalue weighted by molar-refractivity contribution is 6.04. The SMILES string of the molecule is COC(=O)C(C#N)C(=O)C(F)(F)F. The number of methoxy groups -OCH3 is 1. The molecular formula is C6H4F3NO3. The zero-order chi connectivity index (χ0) is 10.6. The van der Waals surface area contributed by atoms with Crippen molar-refractivity contribution in [3.05, 3.63) is 0 Å². The molecule has 13 heavy (non-hydrogen) atoms. The van der Waals surface area contributed by atoms with Gasteiger partial charge in [-0.3, -0.25) is 9.59 Å². The summed E-state index contributed by atoms with van der Waals surface area (Å²) in [6.07, 6.45) is -5.20. The number of hydrogen-bond donors (Lipinski definition) is 0. The van der Waals surface area contributed by atoms with E-state index in [2.05, 4.69) is 4.74 Å². The molecule has 0 radical (unpaired) electrons. The van der Waals surface area contributed by atoms with Gasteiger partial charge in [0.15, 0.2) is 0 Å². The third-order valence-electron chi connectivity index (χ3n) is 1.11. The number of carbonyl (C=O) groups is 2. The van der Waals surface area contributed by atoms with Crippen LogP contribution in [0.4, 0.5) is 13.2 Å². The quantitative estimate of drug-likeness (QED) is 0.473. The van der Waals surface area contributed by atoms with E-state index in [0.29, 0.717) is 0 Å². The van der Waals surface area contributed by atoms with Crippen LogP contribution >= 0.6 is 0 Å². The molecule has 0 aliphatic rings. The van der Waals surface area contributed by atoms with Crippen molar-refractivity contribution in [1.82, 2.24) is 0 Å². The number of carbonyl (C=O) groups excluding carboxylic acids is 2. The van der Waals surface area contributed by atoms with Crippen molar-refractivity contribution in [1.29, 1.82) is 5.26 Å². The van der Waals surface area contributed by atoms with E-state index in [-0.39, 0.29) is 0 Å². The van der Waals surface area contributed by atoms with Crippen LogP contribution in [0.3, 0.4) is 0 Å². The molecular weight excluding hydrogens is 191 g/mol. The third kappa shape index (κ3) is 2.74. The number of alkyl halides is 3. The van der Waals surface area contributed by atoms with Gasteiger partial charge in [-0.2, -0.15) is 18.4 Å². The summed E-state index contributed by atoms with van der Waals surface area (Å²) in [6.45, 7) is 0. The van der Waals surface area contributed by atoms with Gasteiger partial charge in [0, 0.05) is 0 Å². The number of halogens is 3. The molecule has 0 N–H and O–H groups in total. The van der Waals surface area contributed by atoms with E-state index in [4.69, 9.17) is 5.26 Å². The molecule has 0 fully saturated rings. The molecule has 0 aliphatic carbocycles. The molecule has 0 saturated heterocycles. The highest BCUT2D eigenvalue weighted by Gasteiger charge is 2.47. The first-order chi connectivity index (χ1) is 5.84. The number of ether oxygens (including phenoxy) is 1. The number of Topliss-reactive ketones (excluding diaryl/α,β-unsaturated/α-hetero) is 1. The van der Waals surface area contributed by atoms with Crippen LogP contribution in [0.2, 0.25) is 0 Å². The molecule has 72 valence electrons. The number of esters is 1. The minimum absolute atomic E-state index is 0.788. The molecule has 0 aliphatic heterocycles. The molecule has 0 bridgehead atoms. The first-order valence-electron chi connectivity index (χ1n) is 2.93. The van der Waals surface area contributed by atoms with Crippen molar-refractivity contribution in [2.45, 2.75) is 6.18 Å². The van der Waals surface area contributed by atoms with Crippen molar-refractivity contribution in [3.63, 3.8) is 0 Å². The highest BCUT2D eigenvalue weighted by atomic mass is 19.4. The topological polar surface area (TPSA) is 67.2 Å². The summed E-state index contributed by atoms with van der Waals surface area (Å²) >= 11 is 0. The Kier molecular flexibility index (Phi) is 3.42. The summed E-state index contributed by atoms with van der Waals surface area (Å²) in [4.78, 5) is 20.8. The molecule has 0 aromatic heterocycles. The second-order valence-corrected chi connectivity index (χ2v) is 1.95. The van der Waals surface area contributed by atoms with Crippen LogP contribution in [-0.2, 0) is 14.3 Å². The average Bonchev–Trinajstić information content (AvgIpc) is 2.03. The van der Waals surface area contributed by atoms with Crippen molar-refractivity contribution < 1.29 is 27.5 Å². The predicted octanol–water partition coefficient (Wildman–Crippen LogP) is 0.431. The Labute approximate surface area is 70.9 Å². The lowest BCUT2D eigenvalue weighted by molar-refractivity contribution is -0.177. The summed E-state index contributed by atoms with van der Waals surface area (Å²) in [5, 5.41) is 8.09. The van der Waals surface area contributed by atoms with Gasteiger partial charge in [0.2, 0.25) is 5.92 Å². The van der Waals surface area contributed by atoms with Crippen LogP contribution in [0, 0.1) is 17.2 Å². The minimum Gasteiger partial charge on any atom is -0.468 e. The molecule has 1 atom stereocenters. The summed E-state index contributed by atoms with van der Waals surface area (Å²) in [5.41, 5.74) is 0. The van der Waals surface area contributed by atoms with Crippen LogP contribution < -0.4 is 0 Å². The second kappa shape index (κ2) is 3.89. The molecule has 0 spiro atoms.